The Bertz CT molecular complexity index is 577. The second-order valence-electron chi connectivity index (χ2n) is 4.54. The van der Waals surface area contributed by atoms with Gasteiger partial charge >= 0.3 is 0 Å². The van der Waals surface area contributed by atoms with Crippen molar-refractivity contribution in [1.82, 2.24) is 5.32 Å². The van der Waals surface area contributed by atoms with Gasteiger partial charge in [-0.25, -0.2) is 0 Å². The molecular formula is C16H19NOS2. The molecule has 0 saturated heterocycles. The van der Waals surface area contributed by atoms with Crippen molar-refractivity contribution in [3.05, 3.63) is 57.3 Å². The predicted molar refractivity (Wildman–Crippen MR) is 88.5 cm³/mol. The van der Waals surface area contributed by atoms with Crippen LogP contribution in [0.4, 0.5) is 0 Å². The molecule has 0 radical (unpaired) electrons. The zero-order valence-electron chi connectivity index (χ0n) is 11.8. The summed E-state index contributed by atoms with van der Waals surface area (Å²) in [6.45, 7) is 2.75. The molecule has 0 atom stereocenters. The minimum Gasteiger partial charge on any atom is -0.347 e. The summed E-state index contributed by atoms with van der Waals surface area (Å²) >= 11 is 3.52. The molecule has 0 saturated carbocycles. The number of thiophene rings is 1. The van der Waals surface area contributed by atoms with Gasteiger partial charge in [-0.05, 0) is 42.5 Å². The zero-order chi connectivity index (χ0) is 14.4. The maximum atomic E-state index is 12.1. The van der Waals surface area contributed by atoms with Crippen molar-refractivity contribution in [3.63, 3.8) is 0 Å². The molecular weight excluding hydrogens is 286 g/mol. The number of benzene rings is 1. The summed E-state index contributed by atoms with van der Waals surface area (Å²) < 4.78 is 0. The molecule has 2 aromatic rings. The van der Waals surface area contributed by atoms with Crippen molar-refractivity contribution >= 4 is 29.0 Å². The summed E-state index contributed by atoms with van der Waals surface area (Å²) in [4.78, 5) is 14.7. The standard InChI is InChI=1S/C16H19NOS2/c1-3-14-7-8-15(20-14)10-17-16(18)13-6-4-5-12(9-13)11-19-2/h4-9H,3,10-11H2,1-2H3,(H,17,18). The third-order valence-electron chi connectivity index (χ3n) is 2.99. The van der Waals surface area contributed by atoms with Crippen LogP contribution in [0.2, 0.25) is 0 Å². The SMILES string of the molecule is CCc1ccc(CNC(=O)c2cccc(CSC)c2)s1. The number of carbonyl (C=O) groups is 1. The highest BCUT2D eigenvalue weighted by Gasteiger charge is 2.07. The van der Waals surface area contributed by atoms with Gasteiger partial charge in [-0.2, -0.15) is 11.8 Å². The van der Waals surface area contributed by atoms with Gasteiger partial charge < -0.3 is 5.32 Å². The summed E-state index contributed by atoms with van der Waals surface area (Å²) in [6, 6.07) is 12.1. The van der Waals surface area contributed by atoms with Gasteiger partial charge in [-0.15, -0.1) is 11.3 Å². The fourth-order valence-corrected chi connectivity index (χ4v) is 3.36. The van der Waals surface area contributed by atoms with E-state index in [0.29, 0.717) is 6.54 Å². The molecule has 0 fully saturated rings. The molecule has 106 valence electrons. The summed E-state index contributed by atoms with van der Waals surface area (Å²) in [5.74, 6) is 0.936. The zero-order valence-corrected chi connectivity index (χ0v) is 13.4. The first kappa shape index (κ1) is 15.1. The van der Waals surface area contributed by atoms with Crippen LogP contribution in [-0.4, -0.2) is 12.2 Å². The van der Waals surface area contributed by atoms with Crippen LogP contribution in [0.5, 0.6) is 0 Å². The molecule has 0 spiro atoms. The number of rotatable bonds is 6. The molecule has 4 heteroatoms. The van der Waals surface area contributed by atoms with Gasteiger partial charge in [-0.1, -0.05) is 19.1 Å². The highest BCUT2D eigenvalue weighted by molar-refractivity contribution is 7.97. The van der Waals surface area contributed by atoms with E-state index in [4.69, 9.17) is 0 Å². The quantitative estimate of drug-likeness (QED) is 0.870. The van der Waals surface area contributed by atoms with Crippen LogP contribution >= 0.6 is 23.1 Å². The van der Waals surface area contributed by atoms with E-state index in [1.54, 1.807) is 23.1 Å². The van der Waals surface area contributed by atoms with Crippen molar-refractivity contribution in [3.8, 4) is 0 Å². The third kappa shape index (κ3) is 4.12. The average Bonchev–Trinajstić information content (AvgIpc) is 2.93. The molecule has 1 aromatic carbocycles. The largest absolute Gasteiger partial charge is 0.347 e. The number of hydrogen-bond acceptors (Lipinski definition) is 3. The lowest BCUT2D eigenvalue weighted by atomic mass is 10.1. The second kappa shape index (κ2) is 7.50. The minimum atomic E-state index is -0.000554. The minimum absolute atomic E-state index is 0.000554. The number of hydrogen-bond donors (Lipinski definition) is 1. The van der Waals surface area contributed by atoms with Crippen LogP contribution in [0.3, 0.4) is 0 Å². The van der Waals surface area contributed by atoms with E-state index in [1.165, 1.54) is 15.3 Å². The van der Waals surface area contributed by atoms with Gasteiger partial charge in [0.1, 0.15) is 0 Å². The van der Waals surface area contributed by atoms with Crippen LogP contribution < -0.4 is 5.32 Å². The summed E-state index contributed by atoms with van der Waals surface area (Å²) in [5, 5.41) is 2.99. The number of nitrogens with one attached hydrogen (secondary N) is 1. The van der Waals surface area contributed by atoms with Gasteiger partial charge in [0, 0.05) is 21.1 Å². The van der Waals surface area contributed by atoms with E-state index < -0.39 is 0 Å². The Hall–Kier alpha value is -1.26. The topological polar surface area (TPSA) is 29.1 Å². The number of amides is 1. The molecule has 0 aliphatic carbocycles. The summed E-state index contributed by atoms with van der Waals surface area (Å²) in [6.07, 6.45) is 3.12. The summed E-state index contributed by atoms with van der Waals surface area (Å²) in [5.41, 5.74) is 1.93. The lowest BCUT2D eigenvalue weighted by molar-refractivity contribution is 0.0951. The van der Waals surface area contributed by atoms with Gasteiger partial charge in [0.05, 0.1) is 6.54 Å². The average molecular weight is 305 g/mol. The molecule has 0 aliphatic rings. The van der Waals surface area contributed by atoms with Gasteiger partial charge in [0.25, 0.3) is 5.91 Å². The van der Waals surface area contributed by atoms with E-state index >= 15 is 0 Å². The maximum Gasteiger partial charge on any atom is 0.251 e. The second-order valence-corrected chi connectivity index (χ2v) is 6.66. The molecule has 2 nitrogen and oxygen atoms in total. The first-order chi connectivity index (χ1) is 9.72. The maximum absolute atomic E-state index is 12.1. The monoisotopic (exact) mass is 305 g/mol. The Morgan fingerprint density at radius 2 is 2.05 bits per heavy atom. The Kier molecular flexibility index (Phi) is 5.68. The first-order valence-electron chi connectivity index (χ1n) is 6.66. The van der Waals surface area contributed by atoms with Crippen molar-refractivity contribution in [2.45, 2.75) is 25.6 Å². The number of thioether (sulfide) groups is 1. The highest BCUT2D eigenvalue weighted by Crippen LogP contribution is 2.17. The predicted octanol–water partition coefficient (Wildman–Crippen LogP) is 4.10. The molecule has 0 bridgehead atoms. The number of carbonyl (C=O) groups excluding carboxylic acids is 1. The van der Waals surface area contributed by atoms with Gasteiger partial charge in [0.15, 0.2) is 0 Å². The Balaban J connectivity index is 1.95. The Morgan fingerprint density at radius 3 is 2.75 bits per heavy atom. The third-order valence-corrected chi connectivity index (χ3v) is 4.84. The fraction of sp³-hybridized carbons (Fsp3) is 0.312. The van der Waals surface area contributed by atoms with E-state index in [9.17, 15) is 4.79 Å². The van der Waals surface area contributed by atoms with Crippen molar-refractivity contribution < 1.29 is 4.79 Å². The molecule has 1 amide bonds. The number of aryl methyl sites for hydroxylation is 1. The first-order valence-corrected chi connectivity index (χ1v) is 8.87. The van der Waals surface area contributed by atoms with Crippen molar-refractivity contribution in [2.24, 2.45) is 0 Å². The molecule has 1 heterocycles. The lowest BCUT2D eigenvalue weighted by Crippen LogP contribution is -2.22. The molecule has 0 unspecified atom stereocenters. The van der Waals surface area contributed by atoms with Gasteiger partial charge in [0.2, 0.25) is 0 Å². The van der Waals surface area contributed by atoms with E-state index in [-0.39, 0.29) is 5.91 Å². The molecule has 20 heavy (non-hydrogen) atoms. The molecule has 1 aromatic heterocycles. The molecule has 2 rings (SSSR count). The fourth-order valence-electron chi connectivity index (χ4n) is 1.95. The van der Waals surface area contributed by atoms with Crippen molar-refractivity contribution in [1.29, 1.82) is 0 Å². The Morgan fingerprint density at radius 1 is 1.25 bits per heavy atom. The van der Waals surface area contributed by atoms with Gasteiger partial charge in [-0.3, -0.25) is 4.79 Å². The molecule has 0 aliphatic heterocycles. The van der Waals surface area contributed by atoms with E-state index in [0.717, 1.165) is 17.7 Å². The molecule has 1 N–H and O–H groups in total. The van der Waals surface area contributed by atoms with Crippen LogP contribution in [0.15, 0.2) is 36.4 Å². The summed E-state index contributed by atoms with van der Waals surface area (Å²) in [7, 11) is 0. The van der Waals surface area contributed by atoms with E-state index in [2.05, 4.69) is 36.7 Å². The van der Waals surface area contributed by atoms with Crippen LogP contribution in [0.25, 0.3) is 0 Å². The lowest BCUT2D eigenvalue weighted by Gasteiger charge is -2.05. The van der Waals surface area contributed by atoms with E-state index in [1.807, 2.05) is 18.2 Å². The van der Waals surface area contributed by atoms with Crippen LogP contribution in [-0.2, 0) is 18.7 Å². The van der Waals surface area contributed by atoms with Crippen LogP contribution in [0.1, 0.15) is 32.6 Å². The smallest absolute Gasteiger partial charge is 0.251 e. The van der Waals surface area contributed by atoms with Crippen LogP contribution in [0, 0.1) is 0 Å². The Labute approximate surface area is 128 Å². The normalized spacial score (nSPS) is 10.5. The van der Waals surface area contributed by atoms with Crippen molar-refractivity contribution in [2.75, 3.05) is 6.26 Å². The highest BCUT2D eigenvalue weighted by atomic mass is 32.2.